The molecular weight excluding hydrogens is 270 g/mol. The molecule has 0 radical (unpaired) electrons. The number of nitrogens with two attached hydrogens (primary N) is 2. The Hall–Kier alpha value is -1.92. The van der Waals surface area contributed by atoms with Gasteiger partial charge in [-0.25, -0.2) is 4.79 Å². The van der Waals surface area contributed by atoms with Crippen LogP contribution in [0.3, 0.4) is 0 Å². The van der Waals surface area contributed by atoms with Crippen molar-refractivity contribution in [2.24, 2.45) is 11.5 Å². The van der Waals surface area contributed by atoms with Gasteiger partial charge < -0.3 is 21.9 Å². The highest BCUT2D eigenvalue weighted by Crippen LogP contribution is 2.04. The van der Waals surface area contributed by atoms with E-state index in [0.717, 1.165) is 12.0 Å². The summed E-state index contributed by atoms with van der Waals surface area (Å²) in [4.78, 5) is 23.1. The first-order valence-corrected chi connectivity index (χ1v) is 7.07. The number of benzene rings is 1. The number of aliphatic carboxylic acids is 1. The van der Waals surface area contributed by atoms with Gasteiger partial charge in [-0.1, -0.05) is 30.3 Å². The number of nitrogens with one attached hydrogen (secondary N) is 1. The van der Waals surface area contributed by atoms with Gasteiger partial charge in [0.25, 0.3) is 0 Å². The number of rotatable bonds is 9. The molecule has 0 aliphatic rings. The summed E-state index contributed by atoms with van der Waals surface area (Å²) in [5.41, 5.74) is 12.1. The first-order valence-electron chi connectivity index (χ1n) is 7.07. The Bertz CT molecular complexity index is 451. The number of carboxylic acid groups (broad SMARTS) is 1. The van der Waals surface area contributed by atoms with Gasteiger partial charge in [0.15, 0.2) is 0 Å². The van der Waals surface area contributed by atoms with Gasteiger partial charge in [-0.15, -0.1) is 0 Å². The van der Waals surface area contributed by atoms with Gasteiger partial charge in [0, 0.05) is 0 Å². The molecule has 1 aromatic rings. The maximum atomic E-state index is 12.0. The summed E-state index contributed by atoms with van der Waals surface area (Å²) in [7, 11) is 0. The van der Waals surface area contributed by atoms with Crippen LogP contribution in [-0.4, -0.2) is 35.6 Å². The number of unbranched alkanes of at least 4 members (excludes halogenated alkanes) is 1. The van der Waals surface area contributed by atoms with Crippen LogP contribution in [0.2, 0.25) is 0 Å². The number of hydrogen-bond donors (Lipinski definition) is 4. The number of amides is 1. The van der Waals surface area contributed by atoms with E-state index in [1.54, 1.807) is 0 Å². The molecule has 1 amide bonds. The highest BCUT2D eigenvalue weighted by Gasteiger charge is 2.22. The SMILES string of the molecule is NCCCC[C@@H](NC(=O)[C@H](N)Cc1ccccc1)C(=O)O. The van der Waals surface area contributed by atoms with Crippen molar-refractivity contribution in [3.8, 4) is 0 Å². The van der Waals surface area contributed by atoms with Crippen LogP contribution >= 0.6 is 0 Å². The van der Waals surface area contributed by atoms with Crippen LogP contribution in [0.25, 0.3) is 0 Å². The zero-order valence-electron chi connectivity index (χ0n) is 12.0. The van der Waals surface area contributed by atoms with Crippen molar-refractivity contribution in [2.45, 2.75) is 37.8 Å². The molecule has 0 saturated heterocycles. The number of carbonyl (C=O) groups excluding carboxylic acids is 1. The fraction of sp³-hybridized carbons (Fsp3) is 0.467. The molecule has 1 aromatic carbocycles. The largest absolute Gasteiger partial charge is 0.480 e. The third-order valence-corrected chi connectivity index (χ3v) is 3.20. The van der Waals surface area contributed by atoms with Gasteiger partial charge in [-0.05, 0) is 37.8 Å². The second-order valence-corrected chi connectivity index (χ2v) is 4.98. The summed E-state index contributed by atoms with van der Waals surface area (Å²) in [6.45, 7) is 0.508. The summed E-state index contributed by atoms with van der Waals surface area (Å²) in [5, 5.41) is 11.6. The van der Waals surface area contributed by atoms with Crippen LogP contribution in [0.1, 0.15) is 24.8 Å². The van der Waals surface area contributed by atoms with Gasteiger partial charge in [-0.2, -0.15) is 0 Å². The van der Waals surface area contributed by atoms with E-state index < -0.39 is 24.0 Å². The molecule has 0 fully saturated rings. The van der Waals surface area contributed by atoms with Gasteiger partial charge in [0.2, 0.25) is 5.91 Å². The maximum absolute atomic E-state index is 12.0. The molecule has 116 valence electrons. The minimum Gasteiger partial charge on any atom is -0.480 e. The van der Waals surface area contributed by atoms with E-state index in [2.05, 4.69) is 5.32 Å². The summed E-state index contributed by atoms with van der Waals surface area (Å²) in [6.07, 6.45) is 2.12. The lowest BCUT2D eigenvalue weighted by Crippen LogP contribution is -2.49. The summed E-state index contributed by atoms with van der Waals surface area (Å²) >= 11 is 0. The molecule has 2 atom stereocenters. The van der Waals surface area contributed by atoms with Gasteiger partial charge in [-0.3, -0.25) is 4.79 Å². The van der Waals surface area contributed by atoms with Crippen molar-refractivity contribution in [1.82, 2.24) is 5.32 Å². The first-order chi connectivity index (χ1) is 10.0. The zero-order valence-corrected chi connectivity index (χ0v) is 12.0. The third kappa shape index (κ3) is 6.37. The lowest BCUT2D eigenvalue weighted by molar-refractivity contribution is -0.142. The average molecular weight is 293 g/mol. The van der Waals surface area contributed by atoms with Gasteiger partial charge in [0.05, 0.1) is 6.04 Å². The molecule has 6 heteroatoms. The quantitative estimate of drug-likeness (QED) is 0.487. The second kappa shape index (κ2) is 9.10. The van der Waals surface area contributed by atoms with E-state index in [9.17, 15) is 9.59 Å². The molecule has 1 rings (SSSR count). The molecule has 0 aromatic heterocycles. The van der Waals surface area contributed by atoms with Gasteiger partial charge in [0.1, 0.15) is 6.04 Å². The molecule has 0 bridgehead atoms. The fourth-order valence-electron chi connectivity index (χ4n) is 1.99. The monoisotopic (exact) mass is 293 g/mol. The zero-order chi connectivity index (χ0) is 15.7. The molecule has 21 heavy (non-hydrogen) atoms. The lowest BCUT2D eigenvalue weighted by atomic mass is 10.0. The Balaban J connectivity index is 2.50. The Morgan fingerprint density at radius 2 is 1.86 bits per heavy atom. The molecule has 6 N–H and O–H groups in total. The molecular formula is C15H23N3O3. The molecule has 0 aliphatic heterocycles. The van der Waals surface area contributed by atoms with E-state index in [1.807, 2.05) is 30.3 Å². The third-order valence-electron chi connectivity index (χ3n) is 3.20. The highest BCUT2D eigenvalue weighted by molar-refractivity contribution is 5.86. The van der Waals surface area contributed by atoms with Crippen molar-refractivity contribution in [3.63, 3.8) is 0 Å². The van der Waals surface area contributed by atoms with Crippen molar-refractivity contribution >= 4 is 11.9 Å². The first kappa shape index (κ1) is 17.1. The minimum absolute atomic E-state index is 0.357. The Morgan fingerprint density at radius 3 is 2.43 bits per heavy atom. The Labute approximate surface area is 124 Å². The normalized spacial score (nSPS) is 13.4. The highest BCUT2D eigenvalue weighted by atomic mass is 16.4. The van der Waals surface area contributed by atoms with Crippen LogP contribution < -0.4 is 16.8 Å². The van der Waals surface area contributed by atoms with Crippen LogP contribution in [0.4, 0.5) is 0 Å². The smallest absolute Gasteiger partial charge is 0.326 e. The van der Waals surface area contributed by atoms with Crippen molar-refractivity contribution in [2.75, 3.05) is 6.54 Å². The van der Waals surface area contributed by atoms with Crippen LogP contribution in [0, 0.1) is 0 Å². The standard InChI is InChI=1S/C15H23N3O3/c16-9-5-4-8-13(15(20)21)18-14(19)12(17)10-11-6-2-1-3-7-11/h1-3,6-7,12-13H,4-5,8-10,16-17H2,(H,18,19)(H,20,21)/t12-,13-/m1/s1. The average Bonchev–Trinajstić information content (AvgIpc) is 2.47. The van der Waals surface area contributed by atoms with Crippen LogP contribution in [0.5, 0.6) is 0 Å². The molecule has 0 heterocycles. The van der Waals surface area contributed by atoms with E-state index in [-0.39, 0.29) is 0 Å². The Morgan fingerprint density at radius 1 is 1.19 bits per heavy atom. The molecule has 0 saturated carbocycles. The lowest BCUT2D eigenvalue weighted by Gasteiger charge is -2.17. The van der Waals surface area contributed by atoms with Crippen molar-refractivity contribution in [1.29, 1.82) is 0 Å². The predicted molar refractivity (Wildman–Crippen MR) is 80.6 cm³/mol. The number of hydrogen-bond acceptors (Lipinski definition) is 4. The van der Waals surface area contributed by atoms with E-state index in [1.165, 1.54) is 0 Å². The van der Waals surface area contributed by atoms with Crippen LogP contribution in [-0.2, 0) is 16.0 Å². The van der Waals surface area contributed by atoms with Crippen LogP contribution in [0.15, 0.2) is 30.3 Å². The summed E-state index contributed by atoms with van der Waals surface area (Å²) in [5.74, 6) is -1.49. The fourth-order valence-corrected chi connectivity index (χ4v) is 1.99. The predicted octanol–water partition coefficient (Wildman–Crippen LogP) is 0.255. The van der Waals surface area contributed by atoms with Crippen molar-refractivity contribution in [3.05, 3.63) is 35.9 Å². The number of carboxylic acids is 1. The molecule has 6 nitrogen and oxygen atoms in total. The minimum atomic E-state index is -1.05. The van der Waals surface area contributed by atoms with E-state index in [4.69, 9.17) is 16.6 Å². The number of carbonyl (C=O) groups is 2. The van der Waals surface area contributed by atoms with E-state index in [0.29, 0.717) is 25.8 Å². The topological polar surface area (TPSA) is 118 Å². The molecule has 0 spiro atoms. The van der Waals surface area contributed by atoms with E-state index >= 15 is 0 Å². The molecule has 0 aliphatic carbocycles. The van der Waals surface area contributed by atoms with Gasteiger partial charge >= 0.3 is 5.97 Å². The summed E-state index contributed by atoms with van der Waals surface area (Å²) in [6, 6.07) is 7.70. The summed E-state index contributed by atoms with van der Waals surface area (Å²) < 4.78 is 0. The second-order valence-electron chi connectivity index (χ2n) is 4.98. The Kier molecular flexibility index (Phi) is 7.42. The molecule has 0 unspecified atom stereocenters. The maximum Gasteiger partial charge on any atom is 0.326 e. The van der Waals surface area contributed by atoms with Crippen molar-refractivity contribution < 1.29 is 14.7 Å².